The van der Waals surface area contributed by atoms with Crippen molar-refractivity contribution < 1.29 is 9.53 Å². The van der Waals surface area contributed by atoms with Crippen molar-refractivity contribution in [1.82, 2.24) is 0 Å². The van der Waals surface area contributed by atoms with E-state index in [-0.39, 0.29) is 0 Å². The van der Waals surface area contributed by atoms with Gasteiger partial charge in [0.15, 0.2) is 9.04 Å². The third kappa shape index (κ3) is 6.02. The normalized spacial score (nSPS) is 13.7. The van der Waals surface area contributed by atoms with E-state index in [0.717, 1.165) is 19.1 Å². The van der Waals surface area contributed by atoms with Crippen molar-refractivity contribution in [3.8, 4) is 0 Å². The van der Waals surface area contributed by atoms with Crippen LogP contribution in [0, 0.1) is 0 Å². The van der Waals surface area contributed by atoms with Crippen LogP contribution in [0.3, 0.4) is 0 Å². The van der Waals surface area contributed by atoms with Crippen LogP contribution >= 0.6 is 0 Å². The number of aliphatic hydroxyl groups excluding tert-OH is 1. The summed E-state index contributed by atoms with van der Waals surface area (Å²) < 4.78 is 5.37. The standard InChI is InChI=1S/C6H16O2Si/c1-3-8-9(2)6-4-5-7/h7,9H,3-6H2,1-2H3. The van der Waals surface area contributed by atoms with Crippen molar-refractivity contribution in [3.63, 3.8) is 0 Å². The molecule has 0 aliphatic rings. The van der Waals surface area contributed by atoms with Gasteiger partial charge in [0, 0.05) is 13.2 Å². The summed E-state index contributed by atoms with van der Waals surface area (Å²) in [6.07, 6.45) is 0.910. The molecule has 2 nitrogen and oxygen atoms in total. The van der Waals surface area contributed by atoms with E-state index in [1.807, 2.05) is 6.92 Å². The molecule has 0 bridgehead atoms. The van der Waals surface area contributed by atoms with Gasteiger partial charge in [0.1, 0.15) is 0 Å². The molecule has 0 spiro atoms. The zero-order chi connectivity index (χ0) is 7.11. The van der Waals surface area contributed by atoms with Gasteiger partial charge in [0.2, 0.25) is 0 Å². The average molecular weight is 148 g/mol. The first-order chi connectivity index (χ1) is 4.31. The molecule has 0 radical (unpaired) electrons. The molecular weight excluding hydrogens is 132 g/mol. The van der Waals surface area contributed by atoms with Gasteiger partial charge in [-0.05, 0) is 25.9 Å². The summed E-state index contributed by atoms with van der Waals surface area (Å²) in [6, 6.07) is 1.10. The third-order valence-electron chi connectivity index (χ3n) is 1.22. The molecule has 1 atom stereocenters. The summed E-state index contributed by atoms with van der Waals surface area (Å²) in [5.41, 5.74) is 0. The summed E-state index contributed by atoms with van der Waals surface area (Å²) in [4.78, 5) is 0. The minimum atomic E-state index is -0.880. The van der Waals surface area contributed by atoms with Crippen LogP contribution in [0.15, 0.2) is 0 Å². The number of hydrogen-bond acceptors (Lipinski definition) is 2. The number of rotatable bonds is 5. The van der Waals surface area contributed by atoms with Gasteiger partial charge in [-0.25, -0.2) is 0 Å². The molecule has 0 aromatic heterocycles. The second-order valence-electron chi connectivity index (χ2n) is 2.13. The molecule has 1 N–H and O–H groups in total. The Hall–Kier alpha value is 0.137. The van der Waals surface area contributed by atoms with E-state index >= 15 is 0 Å². The molecule has 0 saturated carbocycles. The lowest BCUT2D eigenvalue weighted by Crippen LogP contribution is -2.12. The molecule has 0 aliphatic carbocycles. The van der Waals surface area contributed by atoms with Crippen molar-refractivity contribution in [2.24, 2.45) is 0 Å². The van der Waals surface area contributed by atoms with Crippen LogP contribution in [0.4, 0.5) is 0 Å². The van der Waals surface area contributed by atoms with E-state index in [0.29, 0.717) is 6.61 Å². The Morgan fingerprint density at radius 3 is 2.67 bits per heavy atom. The molecular formula is C6H16O2Si. The van der Waals surface area contributed by atoms with Crippen LogP contribution in [0.1, 0.15) is 13.3 Å². The predicted molar refractivity (Wildman–Crippen MR) is 41.1 cm³/mol. The minimum absolute atomic E-state index is 0.310. The fourth-order valence-corrected chi connectivity index (χ4v) is 2.24. The van der Waals surface area contributed by atoms with Gasteiger partial charge < -0.3 is 9.53 Å². The maximum Gasteiger partial charge on any atom is 0.173 e. The highest BCUT2D eigenvalue weighted by molar-refractivity contribution is 6.50. The summed E-state index contributed by atoms with van der Waals surface area (Å²) in [7, 11) is -0.880. The molecule has 0 aromatic rings. The molecule has 56 valence electrons. The van der Waals surface area contributed by atoms with Crippen LogP contribution in [-0.4, -0.2) is 27.4 Å². The average Bonchev–Trinajstić information content (AvgIpc) is 1.85. The van der Waals surface area contributed by atoms with Gasteiger partial charge in [0.05, 0.1) is 0 Å². The van der Waals surface area contributed by atoms with E-state index in [9.17, 15) is 0 Å². The van der Waals surface area contributed by atoms with E-state index in [2.05, 4.69) is 6.55 Å². The van der Waals surface area contributed by atoms with Gasteiger partial charge in [-0.2, -0.15) is 0 Å². The van der Waals surface area contributed by atoms with E-state index in [4.69, 9.17) is 9.53 Å². The smallest absolute Gasteiger partial charge is 0.173 e. The maximum absolute atomic E-state index is 8.45. The zero-order valence-electron chi connectivity index (χ0n) is 6.26. The Kier molecular flexibility index (Phi) is 6.35. The first kappa shape index (κ1) is 9.14. The monoisotopic (exact) mass is 148 g/mol. The van der Waals surface area contributed by atoms with Gasteiger partial charge in [-0.3, -0.25) is 0 Å². The molecule has 0 heterocycles. The van der Waals surface area contributed by atoms with Crippen molar-refractivity contribution in [3.05, 3.63) is 0 Å². The highest BCUT2D eigenvalue weighted by atomic mass is 28.3. The summed E-state index contributed by atoms with van der Waals surface area (Å²) in [5, 5.41) is 8.45. The van der Waals surface area contributed by atoms with Crippen molar-refractivity contribution in [2.45, 2.75) is 25.9 Å². The van der Waals surface area contributed by atoms with Crippen LogP contribution in [0.2, 0.25) is 12.6 Å². The maximum atomic E-state index is 8.45. The summed E-state index contributed by atoms with van der Waals surface area (Å²) >= 11 is 0. The molecule has 0 aromatic carbocycles. The van der Waals surface area contributed by atoms with Crippen LogP contribution < -0.4 is 0 Å². The van der Waals surface area contributed by atoms with Crippen LogP contribution in [0.25, 0.3) is 0 Å². The molecule has 0 rings (SSSR count). The molecule has 0 saturated heterocycles. The molecule has 0 amide bonds. The van der Waals surface area contributed by atoms with E-state index in [1.54, 1.807) is 0 Å². The Morgan fingerprint density at radius 1 is 1.56 bits per heavy atom. The summed E-state index contributed by atoms with van der Waals surface area (Å²) in [6.45, 7) is 5.32. The zero-order valence-corrected chi connectivity index (χ0v) is 7.42. The first-order valence-corrected chi connectivity index (χ1v) is 5.98. The summed E-state index contributed by atoms with van der Waals surface area (Å²) in [5.74, 6) is 0. The van der Waals surface area contributed by atoms with Crippen molar-refractivity contribution in [2.75, 3.05) is 13.2 Å². The lowest BCUT2D eigenvalue weighted by atomic mass is 10.5. The Bertz CT molecular complexity index is 59.0. The minimum Gasteiger partial charge on any atom is -0.421 e. The quantitative estimate of drug-likeness (QED) is 0.583. The topological polar surface area (TPSA) is 29.5 Å². The van der Waals surface area contributed by atoms with E-state index < -0.39 is 9.04 Å². The lowest BCUT2D eigenvalue weighted by molar-refractivity contribution is 0.288. The predicted octanol–water partition coefficient (Wildman–Crippen LogP) is 0.759. The van der Waals surface area contributed by atoms with Crippen LogP contribution in [0.5, 0.6) is 0 Å². The molecule has 9 heavy (non-hydrogen) atoms. The molecule has 1 unspecified atom stereocenters. The fraction of sp³-hybridized carbons (Fsp3) is 1.00. The Labute approximate surface area is 58.6 Å². The van der Waals surface area contributed by atoms with E-state index in [1.165, 1.54) is 0 Å². The highest BCUT2D eigenvalue weighted by Gasteiger charge is 2.00. The molecule has 0 aliphatic heterocycles. The Balaban J connectivity index is 2.95. The first-order valence-electron chi connectivity index (χ1n) is 3.53. The second kappa shape index (κ2) is 6.26. The Morgan fingerprint density at radius 2 is 2.22 bits per heavy atom. The van der Waals surface area contributed by atoms with Crippen LogP contribution in [-0.2, 0) is 4.43 Å². The number of hydrogen-bond donors (Lipinski definition) is 1. The second-order valence-corrected chi connectivity index (χ2v) is 4.66. The van der Waals surface area contributed by atoms with Gasteiger partial charge in [0.25, 0.3) is 0 Å². The molecule has 3 heteroatoms. The molecule has 0 fully saturated rings. The number of aliphatic hydroxyl groups is 1. The van der Waals surface area contributed by atoms with Gasteiger partial charge in [-0.1, -0.05) is 0 Å². The fourth-order valence-electron chi connectivity index (χ4n) is 0.747. The third-order valence-corrected chi connectivity index (χ3v) is 3.34. The van der Waals surface area contributed by atoms with Crippen molar-refractivity contribution in [1.29, 1.82) is 0 Å². The van der Waals surface area contributed by atoms with Gasteiger partial charge >= 0.3 is 0 Å². The highest BCUT2D eigenvalue weighted by Crippen LogP contribution is 1.97. The lowest BCUT2D eigenvalue weighted by Gasteiger charge is -2.07. The SMILES string of the molecule is CCO[SiH](C)CCCO. The van der Waals surface area contributed by atoms with Crippen molar-refractivity contribution >= 4 is 9.04 Å². The van der Waals surface area contributed by atoms with Gasteiger partial charge in [-0.15, -0.1) is 0 Å². The largest absolute Gasteiger partial charge is 0.421 e.